The van der Waals surface area contributed by atoms with Crippen LogP contribution in [-0.2, 0) is 82.9 Å². The van der Waals surface area contributed by atoms with Crippen LogP contribution in [0.2, 0.25) is 0 Å². The topological polar surface area (TPSA) is 535 Å². The smallest absolute Gasteiger partial charge is 0.312 e. The molecule has 1 aliphatic heterocycles. The zero-order valence-corrected chi connectivity index (χ0v) is 100. The maximum Gasteiger partial charge on any atom is 0.312 e. The Morgan fingerprint density at radius 2 is 0.952 bits per heavy atom. The molecule has 18 N–H and O–H groups in total. The van der Waals surface area contributed by atoms with Crippen LogP contribution in [0.15, 0.2) is 136 Å². The van der Waals surface area contributed by atoms with E-state index in [4.69, 9.17) is 49.2 Å². The third kappa shape index (κ3) is 53.7. The molecule has 0 bridgehead atoms. The number of nitrogen functional groups attached to an aromatic ring is 7. The number of nitrogens with zero attached hydrogens (tertiary/aromatic N) is 22. The molecule has 40 heteroatoms. The lowest BCUT2D eigenvalue weighted by molar-refractivity contribution is 0.165. The lowest BCUT2D eigenvalue weighted by Gasteiger charge is -2.38. The molecule has 14 aromatic rings. The fourth-order valence-corrected chi connectivity index (χ4v) is 13.4. The molecule has 1 fully saturated rings. The molecule has 15 rings (SSSR count). The van der Waals surface area contributed by atoms with E-state index in [-0.39, 0.29) is 82.2 Å². The van der Waals surface area contributed by atoms with E-state index in [1.165, 1.54) is 73.5 Å². The van der Waals surface area contributed by atoms with E-state index in [9.17, 15) is 4.39 Å². The number of pyridine rings is 2. The lowest BCUT2D eigenvalue weighted by Crippen LogP contribution is -2.48. The fraction of sp³-hybridized carbons (Fsp3) is 0.604. The number of aromatic amines is 3. The highest BCUT2D eigenvalue weighted by atomic mass is 32.1. The first-order valence-corrected chi connectivity index (χ1v) is 52.0. The minimum atomic E-state index is -0.266. The van der Waals surface area contributed by atoms with Gasteiger partial charge in [0.05, 0.1) is 29.1 Å². The molecule has 15 heterocycles. The van der Waals surface area contributed by atoms with Crippen LogP contribution >= 0.6 is 45.3 Å². The predicted octanol–water partition coefficient (Wildman–Crippen LogP) is 23.8. The summed E-state index contributed by atoms with van der Waals surface area (Å²) in [6.45, 7) is 97.8. The van der Waals surface area contributed by atoms with Crippen molar-refractivity contribution >= 4 is 80.0 Å². The Bertz CT molecular complexity index is 5270. The van der Waals surface area contributed by atoms with Crippen LogP contribution in [0.25, 0.3) is 0 Å². The van der Waals surface area contributed by atoms with E-state index in [0.29, 0.717) is 45.4 Å². The maximum atomic E-state index is 12.6. The molecule has 0 aromatic carbocycles. The number of hydrogen-bond acceptors (Lipinski definition) is 34. The van der Waals surface area contributed by atoms with Crippen molar-refractivity contribution in [3.63, 3.8) is 0 Å². The summed E-state index contributed by atoms with van der Waals surface area (Å²) in [5.41, 5.74) is 43.5. The van der Waals surface area contributed by atoms with Crippen LogP contribution in [0.4, 0.5) is 39.1 Å². The quantitative estimate of drug-likeness (QED) is 0.0628. The first kappa shape index (κ1) is 133. The summed E-state index contributed by atoms with van der Waals surface area (Å²) in [5.74, 6) is 11.9. The highest BCUT2D eigenvalue weighted by Crippen LogP contribution is 2.33. The molecule has 814 valence electrons. The van der Waals surface area contributed by atoms with Gasteiger partial charge in [0.2, 0.25) is 22.9 Å². The number of hydrogen-bond donors (Lipinski definition) is 11. The molecule has 1 aliphatic rings. The van der Waals surface area contributed by atoms with E-state index in [0.717, 1.165) is 51.1 Å². The molecule has 1 saturated heterocycles. The summed E-state index contributed by atoms with van der Waals surface area (Å²) < 4.78 is 25.8. The molecule has 14 aromatic heterocycles. The standard InChI is InChI=1S/C9H12FN.C9H13N.C8H12N2.C8H12S.C7H14N4.C7H13N3.C7H12N2O.2C7H11NS.C7H15N.2C6H12N4.C6H11N3O.C6H11N3S.C6H11N3/c1-9(2,3)7-4-8(10)6-11-5-7;1-9(2,3)8-5-4-6-10-7-8;1-8(2,3)7-4-9-6-10-5-7;1-8(2,3)7-5-4-6-9-7;1-7(2,3)5-9-10-6(8)11(5)4;1-7(2,3)5-4-6(8)10-9-5;1-7(2,3)5-4-6(8)9-10-5;2*1-7(2,3)6-4-8-5-9-6;1-7(2,3)6-4-8-5-6;1-6(2,3)5-9-8-4-10(5)7;1-6(2,3)4-8-5(7)10-9-4;2*1-6(2,3)4-8-9-5(7)10-4;1-6(2,3)5-4-7-9-8-5/h4-6H,1-3H3;4-7H,1-3H3;4-6H,1-3H3;4-6H,1-3H3;1-4H3,(H2,8,10);4H,1-3H3,(H3,8,9,10);4H,1-3H3,(H2,8,9);2*4-5H,1-3H3;6,8H,4-5H2,1-3H3;4H,7H2,1-3H3;1-3H3,(H3,7,8,9,10);2*1-3H3,(H2,7,9);4H,1-3H3,(H,7,8,9). The molecule has 0 saturated carbocycles. The van der Waals surface area contributed by atoms with E-state index in [1.54, 1.807) is 58.2 Å². The number of H-pyrrole nitrogens is 3. The molecule has 0 atom stereocenters. The third-order valence-electron chi connectivity index (χ3n) is 20.2. The molecule has 0 spiro atoms. The Labute approximate surface area is 887 Å². The fourth-order valence-electron chi connectivity index (χ4n) is 10.5. The molecular weight excluding hydrogens is 1910 g/mol. The summed E-state index contributed by atoms with van der Waals surface area (Å²) in [4.78, 5) is 31.9. The van der Waals surface area contributed by atoms with Gasteiger partial charge in [-0.3, -0.25) is 30.1 Å². The van der Waals surface area contributed by atoms with Crippen LogP contribution in [0.5, 0.6) is 0 Å². The van der Waals surface area contributed by atoms with Crippen molar-refractivity contribution in [3.8, 4) is 0 Å². The highest BCUT2D eigenvalue weighted by Gasteiger charge is 2.30. The van der Waals surface area contributed by atoms with E-state index < -0.39 is 0 Å². The molecule has 0 aliphatic carbocycles. The van der Waals surface area contributed by atoms with Gasteiger partial charge in [0, 0.05) is 126 Å². The Morgan fingerprint density at radius 3 is 1.16 bits per heavy atom. The molecule has 0 unspecified atom stereocenters. The first-order chi connectivity index (χ1) is 66.2. The largest absolute Gasteiger partial charge is 0.408 e. The number of rotatable bonds is 0. The van der Waals surface area contributed by atoms with Gasteiger partial charge in [-0.2, -0.15) is 25.5 Å². The van der Waals surface area contributed by atoms with Gasteiger partial charge in [-0.05, 0) is 97.2 Å². The van der Waals surface area contributed by atoms with Crippen molar-refractivity contribution in [2.45, 2.75) is 387 Å². The summed E-state index contributed by atoms with van der Waals surface area (Å²) in [5, 5.41) is 64.2. The minimum Gasteiger partial charge on any atom is -0.408 e. The average Bonchev–Trinajstić information content (AvgIpc) is 1.61. The molecule has 146 heavy (non-hydrogen) atoms. The van der Waals surface area contributed by atoms with Crippen molar-refractivity contribution in [1.82, 2.24) is 131 Å². The van der Waals surface area contributed by atoms with Crippen molar-refractivity contribution < 1.29 is 13.3 Å². The first-order valence-electron chi connectivity index (χ1n) is 48.6. The second-order valence-corrected chi connectivity index (χ2v) is 54.0. The van der Waals surface area contributed by atoms with Gasteiger partial charge in [-0.15, -0.1) is 74.8 Å². The molecular formula is C106H182FN33O2S4. The number of nitrogens with two attached hydrogens (primary N) is 7. The molecule has 35 nitrogen and oxygen atoms in total. The second-order valence-electron chi connectivity index (χ2n) is 50.3. The van der Waals surface area contributed by atoms with Crippen LogP contribution in [-0.4, -0.2) is 139 Å². The number of halogens is 1. The minimum absolute atomic E-state index is 0.00458. The van der Waals surface area contributed by atoms with Crippen LogP contribution < -0.4 is 45.6 Å². The number of thiazole rings is 2. The van der Waals surface area contributed by atoms with Crippen LogP contribution in [0, 0.1) is 17.2 Å². The van der Waals surface area contributed by atoms with Gasteiger partial charge in [0.15, 0.2) is 11.6 Å². The van der Waals surface area contributed by atoms with Crippen molar-refractivity contribution in [2.24, 2.45) is 18.4 Å². The van der Waals surface area contributed by atoms with Gasteiger partial charge in [-0.25, -0.2) is 19.0 Å². The van der Waals surface area contributed by atoms with E-state index in [1.807, 2.05) is 176 Å². The average molecular weight is 2100 g/mol. The van der Waals surface area contributed by atoms with E-state index in [2.05, 4.69) is 353 Å². The highest BCUT2D eigenvalue weighted by molar-refractivity contribution is 7.15. The molecule has 0 amide bonds. The third-order valence-corrected chi connectivity index (χ3v) is 25.1. The summed E-state index contributed by atoms with van der Waals surface area (Å²) >= 11 is 6.72. The van der Waals surface area contributed by atoms with Gasteiger partial charge in [-0.1, -0.05) is 345 Å². The number of thiophene rings is 1. The van der Waals surface area contributed by atoms with Crippen LogP contribution in [0.1, 0.15) is 388 Å². The summed E-state index contributed by atoms with van der Waals surface area (Å²) in [6, 6.07) is 13.6. The van der Waals surface area contributed by atoms with Crippen LogP contribution in [0.3, 0.4) is 0 Å². The Morgan fingerprint density at radius 1 is 0.425 bits per heavy atom. The summed E-state index contributed by atoms with van der Waals surface area (Å²) in [6.07, 6.45) is 19.0. The zero-order chi connectivity index (χ0) is 113. The SMILES string of the molecule is CC(C)(C)C1CNC1.CC(C)(C)c1cc(N)n[nH]1.CC(C)(C)c1cc(N)no1.CC(C)(C)c1cccnc1.CC(C)(C)c1cccs1.CC(C)(C)c1cn[nH]n1.CC(C)(C)c1cncc(F)c1.CC(C)(C)c1cncnc1.CC(C)(C)c1cncs1.CC(C)(C)c1cncs1.CC(C)(C)c1nc(N)n[nH]1.CC(C)(C)c1nnc(N)o1.CC(C)(C)c1nnc(N)s1.CC(C)(C)c1nncn1N.Cn1c(N)nnc1C(C)(C)C. The second kappa shape index (κ2) is 56.6. The Kier molecular flexibility index (Phi) is 51.4. The Hall–Kier alpha value is -11.5. The zero-order valence-electron chi connectivity index (χ0n) is 96.8. The summed E-state index contributed by atoms with van der Waals surface area (Å²) in [7, 11) is 1.87. The van der Waals surface area contributed by atoms with Gasteiger partial charge in [0.25, 0.3) is 0 Å². The predicted molar refractivity (Wildman–Crippen MR) is 606 cm³/mol. The number of anilines is 6. The van der Waals surface area contributed by atoms with Crippen molar-refractivity contribution in [2.75, 3.05) is 53.3 Å². The molecule has 0 radical (unpaired) electrons. The normalized spacial score (nSPS) is 12.4. The number of nitrogens with one attached hydrogen (secondary N) is 4. The van der Waals surface area contributed by atoms with E-state index >= 15 is 0 Å². The van der Waals surface area contributed by atoms with Gasteiger partial charge < -0.3 is 59.1 Å². The van der Waals surface area contributed by atoms with Crippen molar-refractivity contribution in [1.29, 1.82) is 0 Å². The van der Waals surface area contributed by atoms with Crippen molar-refractivity contribution in [3.05, 3.63) is 210 Å². The monoisotopic (exact) mass is 2100 g/mol. The Balaban J connectivity index is 0.000000783. The lowest BCUT2D eigenvalue weighted by atomic mass is 9.77. The van der Waals surface area contributed by atoms with Gasteiger partial charge >= 0.3 is 6.01 Å². The maximum absolute atomic E-state index is 12.6. The van der Waals surface area contributed by atoms with Gasteiger partial charge in [0.1, 0.15) is 46.7 Å². The number of aromatic nitrogens is 25.